The zero-order chi connectivity index (χ0) is 13.3. The van der Waals surface area contributed by atoms with Gasteiger partial charge in [0, 0.05) is 16.1 Å². The van der Waals surface area contributed by atoms with E-state index in [9.17, 15) is 9.18 Å². The lowest BCUT2D eigenvalue weighted by atomic mass is 9.99. The molecular formula is C14H11ClFNO. The Morgan fingerprint density at radius 3 is 2.67 bits per heavy atom. The summed E-state index contributed by atoms with van der Waals surface area (Å²) in [4.78, 5) is 12.2. The number of carbonyl (C=O) groups is 1. The fourth-order valence-electron chi connectivity index (χ4n) is 1.68. The predicted octanol–water partition coefficient (Wildman–Crippen LogP) is 3.60. The highest BCUT2D eigenvalue weighted by molar-refractivity contribution is 6.32. The first-order chi connectivity index (χ1) is 8.50. The highest BCUT2D eigenvalue weighted by Gasteiger charge is 2.14. The van der Waals surface area contributed by atoms with Crippen LogP contribution in [0.2, 0.25) is 5.02 Å². The number of nitrogen functional groups attached to an aromatic ring is 1. The quantitative estimate of drug-likeness (QED) is 0.664. The third-order valence-electron chi connectivity index (χ3n) is 2.77. The molecule has 0 bridgehead atoms. The van der Waals surface area contributed by atoms with Crippen molar-refractivity contribution < 1.29 is 9.18 Å². The molecule has 0 unspecified atom stereocenters. The van der Waals surface area contributed by atoms with Crippen molar-refractivity contribution in [3.8, 4) is 0 Å². The lowest BCUT2D eigenvalue weighted by molar-refractivity contribution is 0.103. The van der Waals surface area contributed by atoms with Crippen LogP contribution in [0.1, 0.15) is 21.5 Å². The van der Waals surface area contributed by atoms with Gasteiger partial charge in [-0.05, 0) is 36.8 Å². The molecule has 0 atom stereocenters. The number of nitrogens with two attached hydrogens (primary N) is 1. The number of anilines is 1. The minimum absolute atomic E-state index is 0.0226. The molecule has 0 fully saturated rings. The lowest BCUT2D eigenvalue weighted by Crippen LogP contribution is -2.05. The number of hydrogen-bond acceptors (Lipinski definition) is 2. The minimum atomic E-state index is -0.597. The van der Waals surface area contributed by atoms with Crippen LogP contribution in [-0.2, 0) is 0 Å². The van der Waals surface area contributed by atoms with E-state index in [0.717, 1.165) is 6.07 Å². The second-order valence-corrected chi connectivity index (χ2v) is 4.39. The van der Waals surface area contributed by atoms with Crippen LogP contribution in [0.3, 0.4) is 0 Å². The first-order valence-electron chi connectivity index (χ1n) is 5.35. The molecular weight excluding hydrogens is 253 g/mol. The molecule has 4 heteroatoms. The molecule has 2 aromatic rings. The molecule has 2 rings (SSSR count). The van der Waals surface area contributed by atoms with Crippen molar-refractivity contribution in [2.24, 2.45) is 0 Å². The summed E-state index contributed by atoms with van der Waals surface area (Å²) in [6.45, 7) is 1.75. The summed E-state index contributed by atoms with van der Waals surface area (Å²) in [5, 5.41) is 0.511. The van der Waals surface area contributed by atoms with Crippen molar-refractivity contribution in [3.05, 3.63) is 63.9 Å². The molecule has 0 aliphatic carbocycles. The molecule has 92 valence electrons. The van der Waals surface area contributed by atoms with Gasteiger partial charge in [0.15, 0.2) is 5.78 Å². The fourth-order valence-corrected chi connectivity index (χ4v) is 1.85. The van der Waals surface area contributed by atoms with Crippen molar-refractivity contribution in [2.45, 2.75) is 6.92 Å². The van der Waals surface area contributed by atoms with E-state index in [-0.39, 0.29) is 17.0 Å². The fraction of sp³-hybridized carbons (Fsp3) is 0.0714. The van der Waals surface area contributed by atoms with Crippen molar-refractivity contribution in [1.82, 2.24) is 0 Å². The summed E-state index contributed by atoms with van der Waals surface area (Å²) >= 11 is 5.96. The van der Waals surface area contributed by atoms with Gasteiger partial charge in [0.1, 0.15) is 5.82 Å². The largest absolute Gasteiger partial charge is 0.396 e. The maximum Gasteiger partial charge on any atom is 0.193 e. The van der Waals surface area contributed by atoms with E-state index in [0.29, 0.717) is 16.1 Å². The number of hydrogen-bond donors (Lipinski definition) is 1. The SMILES string of the molecule is Cc1c(Cl)cccc1C(=O)c1ccc(N)c(F)c1. The molecule has 0 heterocycles. The maximum absolute atomic E-state index is 13.3. The lowest BCUT2D eigenvalue weighted by Gasteiger charge is -2.07. The van der Waals surface area contributed by atoms with Crippen LogP contribution in [0.25, 0.3) is 0 Å². The van der Waals surface area contributed by atoms with Gasteiger partial charge in [-0.2, -0.15) is 0 Å². The van der Waals surface area contributed by atoms with E-state index < -0.39 is 5.82 Å². The number of benzene rings is 2. The topological polar surface area (TPSA) is 43.1 Å². The molecule has 2 nitrogen and oxygen atoms in total. The third-order valence-corrected chi connectivity index (χ3v) is 3.18. The molecule has 0 aliphatic heterocycles. The van der Waals surface area contributed by atoms with Crippen molar-refractivity contribution in [1.29, 1.82) is 0 Å². The molecule has 0 saturated carbocycles. The first kappa shape index (κ1) is 12.6. The van der Waals surface area contributed by atoms with E-state index in [2.05, 4.69) is 0 Å². The number of carbonyl (C=O) groups excluding carboxylic acids is 1. The predicted molar refractivity (Wildman–Crippen MR) is 70.4 cm³/mol. The first-order valence-corrected chi connectivity index (χ1v) is 5.73. The maximum atomic E-state index is 13.3. The zero-order valence-electron chi connectivity index (χ0n) is 9.71. The van der Waals surface area contributed by atoms with E-state index in [1.165, 1.54) is 12.1 Å². The molecule has 2 aromatic carbocycles. The van der Waals surface area contributed by atoms with Gasteiger partial charge in [-0.25, -0.2) is 4.39 Å². The minimum Gasteiger partial charge on any atom is -0.396 e. The van der Waals surface area contributed by atoms with Gasteiger partial charge in [0.25, 0.3) is 0 Å². The Labute approximate surface area is 109 Å². The van der Waals surface area contributed by atoms with Crippen LogP contribution < -0.4 is 5.73 Å². The normalized spacial score (nSPS) is 10.4. The molecule has 0 aromatic heterocycles. The molecule has 0 saturated heterocycles. The summed E-state index contributed by atoms with van der Waals surface area (Å²) < 4.78 is 13.3. The molecule has 0 radical (unpaired) electrons. The van der Waals surface area contributed by atoms with Crippen LogP contribution in [0.4, 0.5) is 10.1 Å². The standard InChI is InChI=1S/C14H11ClFNO/c1-8-10(3-2-4-11(8)15)14(18)9-5-6-13(17)12(16)7-9/h2-7H,17H2,1H3. The van der Waals surface area contributed by atoms with E-state index in [1.807, 2.05) is 0 Å². The van der Waals surface area contributed by atoms with Crippen molar-refractivity contribution in [2.75, 3.05) is 5.73 Å². The molecule has 0 aliphatic rings. The van der Waals surface area contributed by atoms with E-state index in [4.69, 9.17) is 17.3 Å². The number of rotatable bonds is 2. The van der Waals surface area contributed by atoms with E-state index in [1.54, 1.807) is 25.1 Å². The second-order valence-electron chi connectivity index (χ2n) is 3.98. The van der Waals surface area contributed by atoms with Gasteiger partial charge in [-0.3, -0.25) is 4.79 Å². The molecule has 0 spiro atoms. The molecule has 2 N–H and O–H groups in total. The van der Waals surface area contributed by atoms with Gasteiger partial charge in [-0.1, -0.05) is 23.7 Å². The van der Waals surface area contributed by atoms with Gasteiger partial charge in [-0.15, -0.1) is 0 Å². The van der Waals surface area contributed by atoms with Crippen LogP contribution in [0.5, 0.6) is 0 Å². The Balaban J connectivity index is 2.48. The van der Waals surface area contributed by atoms with Gasteiger partial charge in [0.2, 0.25) is 0 Å². The average molecular weight is 264 g/mol. The smallest absolute Gasteiger partial charge is 0.193 e. The van der Waals surface area contributed by atoms with Gasteiger partial charge in [0.05, 0.1) is 5.69 Å². The Kier molecular flexibility index (Phi) is 3.34. The highest BCUT2D eigenvalue weighted by Crippen LogP contribution is 2.22. The zero-order valence-corrected chi connectivity index (χ0v) is 10.5. The van der Waals surface area contributed by atoms with Crippen molar-refractivity contribution in [3.63, 3.8) is 0 Å². The molecule has 18 heavy (non-hydrogen) atoms. The summed E-state index contributed by atoms with van der Waals surface area (Å²) in [6.07, 6.45) is 0. The number of ketones is 1. The Bertz CT molecular complexity index is 625. The average Bonchev–Trinajstić information content (AvgIpc) is 2.35. The summed E-state index contributed by atoms with van der Waals surface area (Å²) in [5.41, 5.74) is 6.80. The van der Waals surface area contributed by atoms with Crippen LogP contribution in [-0.4, -0.2) is 5.78 Å². The van der Waals surface area contributed by atoms with Crippen LogP contribution >= 0.6 is 11.6 Å². The van der Waals surface area contributed by atoms with E-state index >= 15 is 0 Å². The summed E-state index contributed by atoms with van der Waals surface area (Å²) in [6, 6.07) is 9.08. The third kappa shape index (κ3) is 2.22. The number of halogens is 2. The monoisotopic (exact) mass is 263 g/mol. The second kappa shape index (κ2) is 4.78. The van der Waals surface area contributed by atoms with Gasteiger partial charge < -0.3 is 5.73 Å². The summed E-state index contributed by atoms with van der Waals surface area (Å²) in [5.74, 6) is -0.866. The van der Waals surface area contributed by atoms with Crippen molar-refractivity contribution >= 4 is 23.1 Å². The Morgan fingerprint density at radius 2 is 2.00 bits per heavy atom. The van der Waals surface area contributed by atoms with Crippen LogP contribution in [0.15, 0.2) is 36.4 Å². The van der Waals surface area contributed by atoms with Gasteiger partial charge >= 0.3 is 0 Å². The van der Waals surface area contributed by atoms with Crippen LogP contribution in [0, 0.1) is 12.7 Å². The highest BCUT2D eigenvalue weighted by atomic mass is 35.5. The summed E-state index contributed by atoms with van der Waals surface area (Å²) in [7, 11) is 0. The molecule has 0 amide bonds. The Morgan fingerprint density at radius 1 is 1.28 bits per heavy atom. The Hall–Kier alpha value is -1.87.